The number of carbonyl (C=O) groups excluding carboxylic acids is 2. The predicted molar refractivity (Wildman–Crippen MR) is 161 cm³/mol. The highest BCUT2D eigenvalue weighted by molar-refractivity contribution is 7.92. The fourth-order valence-electron chi connectivity index (χ4n) is 5.99. The molecule has 0 radical (unpaired) electrons. The van der Waals surface area contributed by atoms with Crippen LogP contribution in [0.2, 0.25) is 0 Å². The highest BCUT2D eigenvalue weighted by atomic mass is 32.2. The van der Waals surface area contributed by atoms with Gasteiger partial charge in [-0.15, -0.1) is 0 Å². The monoisotopic (exact) mass is 648 g/mol. The number of nitrogens with one attached hydrogen (secondary N) is 1. The third-order valence-electron chi connectivity index (χ3n) is 8.84. The molecule has 0 bridgehead atoms. The molecule has 3 heterocycles. The Hall–Kier alpha value is -3.75. The highest BCUT2D eigenvalue weighted by Crippen LogP contribution is 2.38. The van der Waals surface area contributed by atoms with E-state index in [2.05, 4.69) is 10.3 Å². The summed E-state index contributed by atoms with van der Waals surface area (Å²) in [6.45, 7) is 6.18. The first-order chi connectivity index (χ1) is 20.9. The van der Waals surface area contributed by atoms with Gasteiger partial charge in [-0.25, -0.2) is 8.42 Å². The normalized spacial score (nSPS) is 20.5. The zero-order valence-electron chi connectivity index (χ0n) is 25.1. The zero-order chi connectivity index (χ0) is 32.9. The van der Waals surface area contributed by atoms with Crippen molar-refractivity contribution in [2.24, 2.45) is 4.99 Å². The lowest BCUT2D eigenvalue weighted by atomic mass is 9.89. The number of benzene rings is 2. The van der Waals surface area contributed by atoms with Crippen LogP contribution in [0.1, 0.15) is 70.8 Å². The van der Waals surface area contributed by atoms with Crippen molar-refractivity contribution in [2.45, 2.75) is 63.8 Å². The molecule has 0 unspecified atom stereocenters. The van der Waals surface area contributed by atoms with E-state index in [1.165, 1.54) is 16.4 Å². The van der Waals surface area contributed by atoms with Gasteiger partial charge in [-0.3, -0.25) is 14.6 Å². The van der Waals surface area contributed by atoms with Crippen LogP contribution in [0, 0.1) is 13.8 Å². The van der Waals surface area contributed by atoms with Crippen molar-refractivity contribution in [1.82, 2.24) is 14.5 Å². The molecule has 2 amide bonds. The number of halogens is 3. The summed E-state index contributed by atoms with van der Waals surface area (Å²) in [4.78, 5) is 32.1. The molecule has 3 N–H and O–H groups in total. The van der Waals surface area contributed by atoms with Gasteiger partial charge in [0.05, 0.1) is 11.2 Å². The van der Waals surface area contributed by atoms with Crippen LogP contribution < -0.4 is 5.32 Å². The van der Waals surface area contributed by atoms with Crippen molar-refractivity contribution in [1.29, 1.82) is 0 Å². The van der Waals surface area contributed by atoms with Crippen molar-refractivity contribution in [3.63, 3.8) is 0 Å². The van der Waals surface area contributed by atoms with Gasteiger partial charge in [0.15, 0.2) is 0 Å². The van der Waals surface area contributed by atoms with E-state index >= 15 is 0 Å². The van der Waals surface area contributed by atoms with Gasteiger partial charge < -0.3 is 20.4 Å². The Balaban J connectivity index is 1.27. The number of hydrogen-bond acceptors (Lipinski definition) is 7. The van der Waals surface area contributed by atoms with Crippen LogP contribution in [0.25, 0.3) is 6.08 Å². The molecular weight excluding hydrogens is 613 g/mol. The second-order valence-electron chi connectivity index (χ2n) is 12.2. The van der Waals surface area contributed by atoms with Crippen molar-refractivity contribution in [3.8, 4) is 5.75 Å². The van der Waals surface area contributed by atoms with Crippen LogP contribution in [-0.4, -0.2) is 82.8 Å². The smallest absolute Gasteiger partial charge is 0.419 e. The second kappa shape index (κ2) is 11.6. The number of rotatable bonds is 5. The molecule has 3 aliphatic heterocycles. The van der Waals surface area contributed by atoms with Gasteiger partial charge in [0, 0.05) is 42.7 Å². The number of amidine groups is 1. The van der Waals surface area contributed by atoms with Crippen molar-refractivity contribution < 1.29 is 41.4 Å². The first-order valence-corrected chi connectivity index (χ1v) is 16.0. The summed E-state index contributed by atoms with van der Waals surface area (Å²) in [6, 6.07) is 6.26. The summed E-state index contributed by atoms with van der Waals surface area (Å²) in [5.41, 5.74) is -0.791. The molecule has 2 aromatic carbocycles. The molecule has 0 aromatic heterocycles. The lowest BCUT2D eigenvalue weighted by molar-refractivity contribution is -0.138. The number of hydrogen-bond donors (Lipinski definition) is 3. The number of aliphatic hydroxyl groups is 1. The van der Waals surface area contributed by atoms with E-state index in [-0.39, 0.29) is 43.2 Å². The highest BCUT2D eigenvalue weighted by Gasteiger charge is 2.47. The molecule has 242 valence electrons. The van der Waals surface area contributed by atoms with E-state index in [0.29, 0.717) is 43.1 Å². The summed E-state index contributed by atoms with van der Waals surface area (Å²) < 4.78 is 67.5. The van der Waals surface area contributed by atoms with Gasteiger partial charge in [-0.2, -0.15) is 17.5 Å². The van der Waals surface area contributed by atoms with Gasteiger partial charge in [0.2, 0.25) is 10.0 Å². The number of likely N-dealkylation sites (tertiary alicyclic amines) is 1. The molecule has 2 saturated heterocycles. The Kier molecular flexibility index (Phi) is 8.38. The molecule has 2 fully saturated rings. The minimum atomic E-state index is -4.80. The number of aryl methyl sites for hydroxylation is 2. The lowest BCUT2D eigenvalue weighted by Gasteiger charge is -2.36. The Morgan fingerprint density at radius 2 is 1.62 bits per heavy atom. The largest absolute Gasteiger partial charge is 0.507 e. The van der Waals surface area contributed by atoms with Crippen molar-refractivity contribution >= 4 is 33.7 Å². The third kappa shape index (κ3) is 6.63. The Morgan fingerprint density at radius 1 is 1.02 bits per heavy atom. The minimum Gasteiger partial charge on any atom is -0.507 e. The number of phenols is 1. The zero-order valence-corrected chi connectivity index (χ0v) is 25.9. The van der Waals surface area contributed by atoms with Gasteiger partial charge in [-0.1, -0.05) is 0 Å². The molecule has 45 heavy (non-hydrogen) atoms. The van der Waals surface area contributed by atoms with Crippen LogP contribution in [0.3, 0.4) is 0 Å². The molecule has 2 aromatic rings. The van der Waals surface area contributed by atoms with E-state index in [9.17, 15) is 41.4 Å². The number of nitrogens with zero attached hydrogens (tertiary/aromatic N) is 3. The van der Waals surface area contributed by atoms with Crippen LogP contribution in [-0.2, 0) is 21.0 Å². The topological polar surface area (TPSA) is 140 Å². The van der Waals surface area contributed by atoms with E-state index in [4.69, 9.17) is 0 Å². The Bertz CT molecular complexity index is 1680. The van der Waals surface area contributed by atoms with Crippen LogP contribution in [0.4, 0.5) is 13.2 Å². The maximum Gasteiger partial charge on any atom is 0.419 e. The summed E-state index contributed by atoms with van der Waals surface area (Å²) >= 11 is 0. The van der Waals surface area contributed by atoms with Gasteiger partial charge >= 0.3 is 6.18 Å². The first kappa shape index (κ1) is 32.6. The number of sulfonamides is 1. The molecule has 0 atom stereocenters. The summed E-state index contributed by atoms with van der Waals surface area (Å²) in [5.74, 6) is -1.68. The molecule has 5 rings (SSSR count). The summed E-state index contributed by atoms with van der Waals surface area (Å²) in [7, 11) is -3.90. The van der Waals surface area contributed by atoms with Gasteiger partial charge in [0.1, 0.15) is 17.1 Å². The summed E-state index contributed by atoms with van der Waals surface area (Å²) in [5, 5.41) is 23.4. The number of aromatic hydroxyl groups is 1. The average Bonchev–Trinajstić information content (AvgIpc) is 3.26. The van der Waals surface area contributed by atoms with Gasteiger partial charge in [-0.05, 0) is 99.6 Å². The predicted octanol–water partition coefficient (Wildman–Crippen LogP) is 3.73. The Labute approximate surface area is 259 Å². The number of amides is 2. The van der Waals surface area contributed by atoms with Crippen LogP contribution in [0.15, 0.2) is 40.7 Å². The minimum absolute atomic E-state index is 0.0223. The lowest BCUT2D eigenvalue weighted by Crippen LogP contribution is -2.50. The second-order valence-corrected chi connectivity index (χ2v) is 14.1. The number of phenolic OH excluding ortho intramolecular Hbond substituents is 1. The number of aliphatic imine (C=N–C) groups is 1. The quantitative estimate of drug-likeness (QED) is 0.452. The summed E-state index contributed by atoms with van der Waals surface area (Å²) in [6.07, 6.45) is -2.28. The molecule has 0 aliphatic carbocycles. The molecule has 10 nitrogen and oxygen atoms in total. The first-order valence-electron chi connectivity index (χ1n) is 14.5. The van der Waals surface area contributed by atoms with Crippen molar-refractivity contribution in [3.05, 3.63) is 69.1 Å². The third-order valence-corrected chi connectivity index (χ3v) is 10.4. The molecule has 3 aliphatic rings. The number of carbonyl (C=O) groups is 2. The van der Waals surface area contributed by atoms with Crippen molar-refractivity contribution in [2.75, 3.05) is 26.2 Å². The fourth-order valence-corrected chi connectivity index (χ4v) is 7.16. The van der Waals surface area contributed by atoms with E-state index < -0.39 is 44.6 Å². The Morgan fingerprint density at radius 3 is 2.20 bits per heavy atom. The van der Waals surface area contributed by atoms with E-state index in [1.807, 2.05) is 0 Å². The van der Waals surface area contributed by atoms with Gasteiger partial charge in [0.25, 0.3) is 11.8 Å². The molecular formula is C31H35F3N4O6S. The van der Waals surface area contributed by atoms with Crippen LogP contribution >= 0.6 is 0 Å². The molecule has 1 spiro atoms. The number of alkyl halides is 3. The maximum atomic E-state index is 13.3. The standard InChI is InChI=1S/C31H35F3N4O6S/c1-19-16-22(27(40)37-11-7-29(3,42)8-12-37)17-20(2)23(19)6-15-45(43,44)38-13-9-30(10-14-38)28(41)35-26(36-30)21-4-5-25(39)24(18-21)31(32,33)34/h4-6,15-18,39,42H,7-14H2,1-3H3,(H,35,36,41)/b15-6+. The fraction of sp³-hybridized carbons (Fsp3) is 0.452. The average molecular weight is 649 g/mol. The SMILES string of the molecule is Cc1cc(C(=O)N2CCC(C)(O)CC2)cc(C)c1/C=C/S(=O)(=O)N1CCC2(CC1)N=C(c1ccc(O)c(C(F)(F)F)c1)NC2=O. The molecule has 14 heteroatoms. The van der Waals surface area contributed by atoms with Crippen LogP contribution in [0.5, 0.6) is 5.75 Å². The van der Waals surface area contributed by atoms with E-state index in [0.717, 1.165) is 22.6 Å². The van der Waals surface area contributed by atoms with E-state index in [1.54, 1.807) is 37.8 Å². The molecule has 0 saturated carbocycles. The maximum absolute atomic E-state index is 13.3. The number of piperidine rings is 2.